The van der Waals surface area contributed by atoms with Gasteiger partial charge in [0.15, 0.2) is 0 Å². The lowest BCUT2D eigenvalue weighted by Gasteiger charge is -2.34. The minimum Gasteiger partial charge on any atom is -0.335 e. The highest BCUT2D eigenvalue weighted by Gasteiger charge is 2.26. The number of hydrogen-bond donors (Lipinski definition) is 1. The molecule has 1 saturated heterocycles. The van der Waals surface area contributed by atoms with Crippen LogP contribution in [0.4, 0.5) is 0 Å². The van der Waals surface area contributed by atoms with Gasteiger partial charge in [-0.2, -0.15) is 5.10 Å². The van der Waals surface area contributed by atoms with Gasteiger partial charge in [-0.15, -0.1) is 0 Å². The van der Waals surface area contributed by atoms with Gasteiger partial charge in [0.2, 0.25) is 5.91 Å². The molecule has 0 atom stereocenters. The summed E-state index contributed by atoms with van der Waals surface area (Å²) >= 11 is 0. The molecule has 24 heavy (non-hydrogen) atoms. The molecule has 0 radical (unpaired) electrons. The summed E-state index contributed by atoms with van der Waals surface area (Å²) in [7, 11) is 0. The predicted molar refractivity (Wildman–Crippen MR) is 93.3 cm³/mol. The van der Waals surface area contributed by atoms with Crippen molar-refractivity contribution >= 4 is 23.6 Å². The SMILES string of the molecule is O=C1CCC(C(=O)N2CCN(CC=Cc3ccccc3)CC2)=NN1. The molecule has 1 aromatic rings. The molecule has 2 aliphatic rings. The number of carbonyl (C=O) groups is 2. The Bertz CT molecular complexity index is 646. The van der Waals surface area contributed by atoms with Gasteiger partial charge >= 0.3 is 0 Å². The molecule has 0 aliphatic carbocycles. The number of benzene rings is 1. The first-order valence-corrected chi connectivity index (χ1v) is 8.31. The maximum absolute atomic E-state index is 12.4. The zero-order chi connectivity index (χ0) is 16.8. The van der Waals surface area contributed by atoms with Crippen molar-refractivity contribution < 1.29 is 9.59 Å². The van der Waals surface area contributed by atoms with Crippen LogP contribution in [0.1, 0.15) is 18.4 Å². The van der Waals surface area contributed by atoms with Gasteiger partial charge in [-0.25, -0.2) is 5.43 Å². The zero-order valence-corrected chi connectivity index (χ0v) is 13.6. The molecule has 126 valence electrons. The van der Waals surface area contributed by atoms with Crippen molar-refractivity contribution in [1.29, 1.82) is 0 Å². The molecule has 6 heteroatoms. The van der Waals surface area contributed by atoms with Gasteiger partial charge in [-0.1, -0.05) is 42.5 Å². The number of nitrogens with zero attached hydrogens (tertiary/aromatic N) is 3. The first-order chi connectivity index (χ1) is 11.7. The van der Waals surface area contributed by atoms with E-state index in [1.807, 2.05) is 23.1 Å². The van der Waals surface area contributed by atoms with Gasteiger partial charge in [0, 0.05) is 45.6 Å². The average Bonchev–Trinajstić information content (AvgIpc) is 2.63. The standard InChI is InChI=1S/C18H22N4O2/c23-17-9-8-16(19-20-17)18(24)22-13-11-21(12-14-22)10-4-7-15-5-2-1-3-6-15/h1-7H,8-14H2,(H,20,23). The predicted octanol–water partition coefficient (Wildman–Crippen LogP) is 1.11. The summed E-state index contributed by atoms with van der Waals surface area (Å²) < 4.78 is 0. The summed E-state index contributed by atoms with van der Waals surface area (Å²) in [6.45, 7) is 3.99. The van der Waals surface area contributed by atoms with Gasteiger partial charge in [-0.3, -0.25) is 14.5 Å². The lowest BCUT2D eigenvalue weighted by atomic mass is 10.1. The monoisotopic (exact) mass is 326 g/mol. The molecule has 0 saturated carbocycles. The van der Waals surface area contributed by atoms with E-state index in [4.69, 9.17) is 0 Å². The van der Waals surface area contributed by atoms with Crippen LogP contribution in [-0.4, -0.2) is 60.0 Å². The van der Waals surface area contributed by atoms with Crippen molar-refractivity contribution in [1.82, 2.24) is 15.2 Å². The molecule has 2 amide bonds. The van der Waals surface area contributed by atoms with E-state index in [2.05, 4.69) is 39.7 Å². The van der Waals surface area contributed by atoms with Crippen molar-refractivity contribution in [3.05, 3.63) is 42.0 Å². The Labute approximate surface area is 141 Å². The third-order valence-electron chi connectivity index (χ3n) is 4.28. The van der Waals surface area contributed by atoms with E-state index in [1.165, 1.54) is 5.56 Å². The number of amides is 2. The number of piperazine rings is 1. The van der Waals surface area contributed by atoms with E-state index >= 15 is 0 Å². The molecule has 0 aromatic heterocycles. The topological polar surface area (TPSA) is 65.0 Å². The number of hydrogen-bond acceptors (Lipinski definition) is 4. The highest BCUT2D eigenvalue weighted by atomic mass is 16.2. The fraction of sp³-hybridized carbons (Fsp3) is 0.389. The molecule has 1 fully saturated rings. The van der Waals surface area contributed by atoms with Crippen LogP contribution in [0.25, 0.3) is 6.08 Å². The number of carbonyl (C=O) groups excluding carboxylic acids is 2. The van der Waals surface area contributed by atoms with Crippen LogP contribution in [0.5, 0.6) is 0 Å². The second-order valence-electron chi connectivity index (χ2n) is 6.00. The van der Waals surface area contributed by atoms with Crippen molar-refractivity contribution in [3.8, 4) is 0 Å². The summed E-state index contributed by atoms with van der Waals surface area (Å²) in [6.07, 6.45) is 5.06. The van der Waals surface area contributed by atoms with Crippen LogP contribution in [0, 0.1) is 0 Å². The van der Waals surface area contributed by atoms with E-state index < -0.39 is 0 Å². The molecule has 3 rings (SSSR count). The Morgan fingerprint density at radius 2 is 1.88 bits per heavy atom. The maximum atomic E-state index is 12.4. The van der Waals surface area contributed by atoms with Crippen LogP contribution >= 0.6 is 0 Å². The van der Waals surface area contributed by atoms with Crippen LogP contribution in [0.15, 0.2) is 41.5 Å². The lowest BCUT2D eigenvalue weighted by Crippen LogP contribution is -2.51. The van der Waals surface area contributed by atoms with Crippen molar-refractivity contribution in [2.24, 2.45) is 5.10 Å². The van der Waals surface area contributed by atoms with Crippen LogP contribution < -0.4 is 5.43 Å². The number of rotatable bonds is 4. The zero-order valence-electron chi connectivity index (χ0n) is 13.6. The summed E-state index contributed by atoms with van der Waals surface area (Å²) in [5.74, 6) is -0.170. The molecular formula is C18H22N4O2. The molecule has 1 N–H and O–H groups in total. The molecule has 2 heterocycles. The van der Waals surface area contributed by atoms with Crippen molar-refractivity contribution in [2.75, 3.05) is 32.7 Å². The maximum Gasteiger partial charge on any atom is 0.270 e. The molecule has 6 nitrogen and oxygen atoms in total. The summed E-state index contributed by atoms with van der Waals surface area (Å²) in [6, 6.07) is 10.2. The van der Waals surface area contributed by atoms with Gasteiger partial charge in [0.1, 0.15) is 5.71 Å². The van der Waals surface area contributed by atoms with Crippen molar-refractivity contribution in [2.45, 2.75) is 12.8 Å². The van der Waals surface area contributed by atoms with Gasteiger partial charge in [-0.05, 0) is 5.56 Å². The number of hydrazone groups is 1. The van der Waals surface area contributed by atoms with E-state index in [0.717, 1.165) is 19.6 Å². The lowest BCUT2D eigenvalue weighted by molar-refractivity contribution is -0.126. The molecular weight excluding hydrogens is 304 g/mol. The van der Waals surface area contributed by atoms with Crippen LogP contribution in [0.3, 0.4) is 0 Å². The van der Waals surface area contributed by atoms with Crippen LogP contribution in [-0.2, 0) is 9.59 Å². The van der Waals surface area contributed by atoms with E-state index in [0.29, 0.717) is 31.6 Å². The molecule has 1 aromatic carbocycles. The minimum atomic E-state index is -0.124. The quantitative estimate of drug-likeness (QED) is 0.901. The largest absolute Gasteiger partial charge is 0.335 e. The average molecular weight is 326 g/mol. The smallest absolute Gasteiger partial charge is 0.270 e. The Kier molecular flexibility index (Phi) is 5.38. The molecule has 2 aliphatic heterocycles. The Morgan fingerprint density at radius 1 is 1.12 bits per heavy atom. The first-order valence-electron chi connectivity index (χ1n) is 8.31. The fourth-order valence-corrected chi connectivity index (χ4v) is 2.85. The van der Waals surface area contributed by atoms with E-state index in [-0.39, 0.29) is 11.8 Å². The first kappa shape index (κ1) is 16.4. The van der Waals surface area contributed by atoms with E-state index in [1.54, 1.807) is 0 Å². The summed E-state index contributed by atoms with van der Waals surface area (Å²) in [5, 5.41) is 3.89. The molecule has 0 spiro atoms. The Hall–Kier alpha value is -2.47. The van der Waals surface area contributed by atoms with Gasteiger partial charge in [0.25, 0.3) is 5.91 Å². The normalized spacial score (nSPS) is 19.2. The molecule has 0 unspecified atom stereocenters. The Balaban J connectivity index is 1.45. The number of nitrogens with one attached hydrogen (secondary N) is 1. The van der Waals surface area contributed by atoms with Crippen LogP contribution in [0.2, 0.25) is 0 Å². The van der Waals surface area contributed by atoms with Gasteiger partial charge < -0.3 is 4.90 Å². The summed E-state index contributed by atoms with van der Waals surface area (Å²) in [4.78, 5) is 27.6. The fourth-order valence-electron chi connectivity index (χ4n) is 2.85. The second-order valence-corrected chi connectivity index (χ2v) is 6.00. The Morgan fingerprint density at radius 3 is 2.54 bits per heavy atom. The van der Waals surface area contributed by atoms with Crippen molar-refractivity contribution in [3.63, 3.8) is 0 Å². The van der Waals surface area contributed by atoms with Gasteiger partial charge in [0.05, 0.1) is 0 Å². The third kappa shape index (κ3) is 4.29. The minimum absolute atomic E-state index is 0.0468. The molecule has 0 bridgehead atoms. The third-order valence-corrected chi connectivity index (χ3v) is 4.28. The highest BCUT2D eigenvalue weighted by molar-refractivity contribution is 6.39. The second kappa shape index (κ2) is 7.88. The highest BCUT2D eigenvalue weighted by Crippen LogP contribution is 2.08. The summed E-state index contributed by atoms with van der Waals surface area (Å²) in [5.41, 5.74) is 4.05. The van der Waals surface area contributed by atoms with E-state index in [9.17, 15) is 9.59 Å².